The van der Waals surface area contributed by atoms with E-state index in [0.717, 1.165) is 31.7 Å². The number of nitrogens with one attached hydrogen (secondary N) is 1. The monoisotopic (exact) mass is 208 g/mol. The van der Waals surface area contributed by atoms with Crippen LogP contribution in [0.3, 0.4) is 0 Å². The summed E-state index contributed by atoms with van der Waals surface area (Å²) >= 11 is 0. The van der Waals surface area contributed by atoms with Crippen LogP contribution < -0.4 is 5.32 Å². The Balaban J connectivity index is 1.92. The zero-order valence-corrected chi connectivity index (χ0v) is 8.95. The molecule has 4 heteroatoms. The van der Waals surface area contributed by atoms with Crippen molar-refractivity contribution in [3.8, 4) is 0 Å². The van der Waals surface area contributed by atoms with E-state index in [0.29, 0.717) is 12.6 Å². The molecule has 0 spiro atoms. The van der Waals surface area contributed by atoms with Crippen LogP contribution in [0.2, 0.25) is 0 Å². The second-order valence-electron chi connectivity index (χ2n) is 3.48. The summed E-state index contributed by atoms with van der Waals surface area (Å²) in [5.74, 6) is 1.06. The Morgan fingerprint density at radius 1 is 1.60 bits per heavy atom. The van der Waals surface area contributed by atoms with Crippen molar-refractivity contribution in [2.24, 2.45) is 4.99 Å². The van der Waals surface area contributed by atoms with Gasteiger partial charge in [0.25, 0.3) is 6.02 Å². The highest BCUT2D eigenvalue weighted by Crippen LogP contribution is 2.18. The van der Waals surface area contributed by atoms with Gasteiger partial charge in [-0.15, -0.1) is 0 Å². The minimum absolute atomic E-state index is 0.650. The zero-order valence-electron chi connectivity index (χ0n) is 8.95. The second kappa shape index (κ2) is 4.87. The fourth-order valence-electron chi connectivity index (χ4n) is 1.70. The number of rotatable bonds is 3. The molecule has 0 unspecified atom stereocenters. The maximum Gasteiger partial charge on any atom is 0.285 e. The molecule has 0 saturated heterocycles. The molecule has 0 saturated carbocycles. The van der Waals surface area contributed by atoms with Crippen LogP contribution in [0.15, 0.2) is 28.5 Å². The standard InChI is InChI=1S/C11H16N2O2/c1-14-10-5-3-2-4-9(10)8-13-11-12-6-7-15-11/h2,4H,3,5-8H2,1H3,(H,12,13). The lowest BCUT2D eigenvalue weighted by Gasteiger charge is -2.15. The topological polar surface area (TPSA) is 42.8 Å². The summed E-state index contributed by atoms with van der Waals surface area (Å²) in [4.78, 5) is 4.17. The van der Waals surface area contributed by atoms with Crippen LogP contribution in [0.4, 0.5) is 0 Å². The molecule has 0 fully saturated rings. The molecule has 1 heterocycles. The summed E-state index contributed by atoms with van der Waals surface area (Å²) < 4.78 is 10.6. The summed E-state index contributed by atoms with van der Waals surface area (Å²) in [6, 6.07) is 0.650. The molecule has 0 bridgehead atoms. The quantitative estimate of drug-likeness (QED) is 0.758. The molecule has 0 aromatic carbocycles. The predicted molar refractivity (Wildman–Crippen MR) is 58.7 cm³/mol. The zero-order chi connectivity index (χ0) is 10.5. The van der Waals surface area contributed by atoms with E-state index < -0.39 is 0 Å². The number of hydrogen-bond donors (Lipinski definition) is 1. The van der Waals surface area contributed by atoms with E-state index in [9.17, 15) is 0 Å². The van der Waals surface area contributed by atoms with Crippen molar-refractivity contribution in [3.63, 3.8) is 0 Å². The smallest absolute Gasteiger partial charge is 0.285 e. The van der Waals surface area contributed by atoms with Crippen molar-refractivity contribution in [3.05, 3.63) is 23.5 Å². The van der Waals surface area contributed by atoms with E-state index in [1.54, 1.807) is 7.11 Å². The van der Waals surface area contributed by atoms with E-state index >= 15 is 0 Å². The maximum atomic E-state index is 5.33. The van der Waals surface area contributed by atoms with Crippen molar-refractivity contribution in [2.45, 2.75) is 12.8 Å². The largest absolute Gasteiger partial charge is 0.501 e. The molecule has 4 nitrogen and oxygen atoms in total. The third kappa shape index (κ3) is 2.52. The lowest BCUT2D eigenvalue weighted by molar-refractivity contribution is 0.271. The van der Waals surface area contributed by atoms with Gasteiger partial charge in [-0.1, -0.05) is 12.2 Å². The number of allylic oxidation sites excluding steroid dienone is 2. The number of methoxy groups -OCH3 is 1. The van der Waals surface area contributed by atoms with Gasteiger partial charge in [-0.05, 0) is 6.42 Å². The molecule has 1 N–H and O–H groups in total. The normalized spacial score (nSPS) is 19.9. The highest BCUT2D eigenvalue weighted by molar-refractivity contribution is 5.75. The molecule has 1 aliphatic heterocycles. The van der Waals surface area contributed by atoms with Gasteiger partial charge in [-0.25, -0.2) is 4.99 Å². The average molecular weight is 208 g/mol. The first-order valence-electron chi connectivity index (χ1n) is 5.24. The molecule has 0 aromatic rings. The van der Waals surface area contributed by atoms with Gasteiger partial charge in [-0.2, -0.15) is 0 Å². The molecule has 0 radical (unpaired) electrons. The fraction of sp³-hybridized carbons (Fsp3) is 0.545. The summed E-state index contributed by atoms with van der Waals surface area (Å²) in [5, 5.41) is 3.15. The summed E-state index contributed by atoms with van der Waals surface area (Å²) in [5.41, 5.74) is 1.18. The number of nitrogens with zero attached hydrogens (tertiary/aromatic N) is 1. The first kappa shape index (κ1) is 10.1. The Morgan fingerprint density at radius 3 is 3.27 bits per heavy atom. The highest BCUT2D eigenvalue weighted by Gasteiger charge is 2.11. The summed E-state index contributed by atoms with van der Waals surface area (Å²) in [6.45, 7) is 2.17. The average Bonchev–Trinajstić information content (AvgIpc) is 2.79. The first-order chi connectivity index (χ1) is 7.40. The van der Waals surface area contributed by atoms with Gasteiger partial charge in [0.05, 0.1) is 13.7 Å². The maximum absolute atomic E-state index is 5.33. The Kier molecular flexibility index (Phi) is 3.27. The molecular formula is C11H16N2O2. The Hall–Kier alpha value is -1.45. The summed E-state index contributed by atoms with van der Waals surface area (Å²) in [6.07, 6.45) is 6.31. The van der Waals surface area contributed by atoms with E-state index in [1.165, 1.54) is 5.57 Å². The number of hydrogen-bond acceptors (Lipinski definition) is 4. The van der Waals surface area contributed by atoms with Gasteiger partial charge in [0.2, 0.25) is 0 Å². The van der Waals surface area contributed by atoms with Gasteiger partial charge in [0.15, 0.2) is 0 Å². The van der Waals surface area contributed by atoms with Crippen LogP contribution in [0.5, 0.6) is 0 Å². The molecule has 0 aromatic heterocycles. The van der Waals surface area contributed by atoms with Crippen LogP contribution >= 0.6 is 0 Å². The van der Waals surface area contributed by atoms with Crippen LogP contribution in [-0.4, -0.2) is 32.8 Å². The molecule has 2 aliphatic rings. The van der Waals surface area contributed by atoms with Gasteiger partial charge in [0, 0.05) is 18.5 Å². The third-order valence-electron chi connectivity index (χ3n) is 2.48. The van der Waals surface area contributed by atoms with E-state index in [2.05, 4.69) is 22.5 Å². The number of ether oxygens (including phenoxy) is 2. The van der Waals surface area contributed by atoms with Crippen LogP contribution in [-0.2, 0) is 9.47 Å². The lowest BCUT2D eigenvalue weighted by atomic mass is 10.1. The van der Waals surface area contributed by atoms with E-state index in [1.807, 2.05) is 0 Å². The first-order valence-corrected chi connectivity index (χ1v) is 5.24. The van der Waals surface area contributed by atoms with Crippen molar-refractivity contribution >= 4 is 6.02 Å². The predicted octanol–water partition coefficient (Wildman–Crippen LogP) is 1.21. The Bertz CT molecular complexity index is 319. The van der Waals surface area contributed by atoms with Crippen molar-refractivity contribution < 1.29 is 9.47 Å². The van der Waals surface area contributed by atoms with Crippen LogP contribution in [0.1, 0.15) is 12.8 Å². The molecule has 82 valence electrons. The lowest BCUT2D eigenvalue weighted by Crippen LogP contribution is -2.26. The van der Waals surface area contributed by atoms with Crippen LogP contribution in [0, 0.1) is 0 Å². The minimum Gasteiger partial charge on any atom is -0.501 e. The Morgan fingerprint density at radius 2 is 2.53 bits per heavy atom. The van der Waals surface area contributed by atoms with E-state index in [-0.39, 0.29) is 0 Å². The van der Waals surface area contributed by atoms with E-state index in [4.69, 9.17) is 9.47 Å². The highest BCUT2D eigenvalue weighted by atomic mass is 16.5. The molecule has 0 atom stereocenters. The molecule has 1 aliphatic carbocycles. The van der Waals surface area contributed by atoms with Gasteiger partial charge in [0.1, 0.15) is 12.4 Å². The summed E-state index contributed by atoms with van der Waals surface area (Å²) in [7, 11) is 1.72. The molecule has 15 heavy (non-hydrogen) atoms. The van der Waals surface area contributed by atoms with Crippen LogP contribution in [0.25, 0.3) is 0 Å². The Labute approximate surface area is 89.7 Å². The van der Waals surface area contributed by atoms with Crippen molar-refractivity contribution in [1.29, 1.82) is 0 Å². The molecule has 2 rings (SSSR count). The van der Waals surface area contributed by atoms with Gasteiger partial charge >= 0.3 is 0 Å². The third-order valence-corrected chi connectivity index (χ3v) is 2.48. The second-order valence-corrected chi connectivity index (χ2v) is 3.48. The number of aliphatic imine (C=N–C) groups is 1. The van der Waals surface area contributed by atoms with Gasteiger partial charge in [-0.3, -0.25) is 0 Å². The minimum atomic E-state index is 0.650. The molecule has 0 amide bonds. The van der Waals surface area contributed by atoms with Gasteiger partial charge < -0.3 is 14.8 Å². The van der Waals surface area contributed by atoms with Crippen molar-refractivity contribution in [1.82, 2.24) is 5.32 Å². The number of amidine groups is 1. The molecular weight excluding hydrogens is 192 g/mol. The fourth-order valence-corrected chi connectivity index (χ4v) is 1.70. The van der Waals surface area contributed by atoms with Crippen molar-refractivity contribution in [2.75, 3.05) is 26.8 Å². The SMILES string of the molecule is COC1=C(CNC2=NCCO2)C=CCC1.